The van der Waals surface area contributed by atoms with E-state index in [0.29, 0.717) is 72.8 Å². The minimum Gasteiger partial charge on any atom is -0.443 e. The largest absolute Gasteiger partial charge is 0.443 e. The van der Waals surface area contributed by atoms with Crippen LogP contribution >= 0.6 is 34.2 Å². The number of alkyl halides is 3. The van der Waals surface area contributed by atoms with Gasteiger partial charge in [-0.15, -0.1) is 0 Å². The Morgan fingerprint density at radius 1 is 0.528 bits per heavy atom. The first-order valence-corrected chi connectivity index (χ1v) is 43.1. The summed E-state index contributed by atoms with van der Waals surface area (Å²) in [7, 11) is 9.69. The third kappa shape index (κ3) is 22.4. The molecule has 15 rings (SSSR count). The van der Waals surface area contributed by atoms with Gasteiger partial charge in [0, 0.05) is 138 Å². The molecule has 3 saturated heterocycles. The molecule has 6 N–H and O–H groups in total. The smallest absolute Gasteiger partial charge is 0.415 e. The summed E-state index contributed by atoms with van der Waals surface area (Å²) in [6.45, 7) is 14.9. The van der Waals surface area contributed by atoms with Crippen LogP contribution < -0.4 is 58.4 Å². The van der Waals surface area contributed by atoms with Gasteiger partial charge in [-0.1, -0.05) is 11.6 Å². The standard InChI is InChI=1S/C29H39FN8O5.C24H31FN8O3.C18H24ClN5O4.C12H15FIN3O/c1-29(2,3)43-28(41)35(4)24-15-23(32-21-7-6-12-37(27(21)40)18-10-13-36(17-18)14-11-30)34-25-19(16-31-38(24)25)26(39)33-20-8-9-22(20)42-5;1-26-21-12-20(28-18-4-3-9-32(24(18)35)15-7-10-31(14-15)11-8-25)30-22-16(13-27-33(21)22)23(34)29-17-5-6-19(17)36-2;1-18(2,3)28-17(26)23(4)14-8-13(19)22-15-10(9-20-24(14)15)16(25)21-11-6-7-12(11)27-5;13-4-7-16-6-3-10(8-16)17-5-1-2-11(12(17)18)15-9-14/h6-7,12,15-16,18,20,22H,8-11,13-14,17H2,1-5H3,(H,32,34)(H,33,39);3-4,9,12-13,15,17,19,26H,5-8,10-11,14H2,1-2H3,(H,28,30)(H,29,34);8-9,11-12H,6-7H2,1-5H3,(H,21,25);1-2,5,9-10H,3-4,6-8H2/t18-,20?,22-;15-,17?,19-;11?,12-;10-/m0000/s1. The Balaban J connectivity index is 0.000000158. The maximum absolute atomic E-state index is 13.5. The number of aromatic nitrogens is 12. The van der Waals surface area contributed by atoms with Crippen molar-refractivity contribution in [3.05, 3.63) is 145 Å². The van der Waals surface area contributed by atoms with Gasteiger partial charge in [0.25, 0.3) is 34.4 Å². The topological polar surface area (TPSA) is 389 Å². The third-order valence-electron chi connectivity index (χ3n) is 22.6. The molecule has 0 bridgehead atoms. The van der Waals surface area contributed by atoms with Crippen molar-refractivity contribution in [3.8, 4) is 0 Å². The normalized spacial score (nSPS) is 20.7. The number of halogens is 5. The van der Waals surface area contributed by atoms with Crippen LogP contribution in [-0.2, 0) is 23.7 Å². The van der Waals surface area contributed by atoms with E-state index in [2.05, 4.69) is 67.1 Å². The van der Waals surface area contributed by atoms with E-state index in [1.165, 1.54) is 57.6 Å². The molecule has 6 fully saturated rings. The van der Waals surface area contributed by atoms with Crippen molar-refractivity contribution in [2.45, 2.75) is 165 Å². The Hall–Kier alpha value is -10.7. The van der Waals surface area contributed by atoms with E-state index >= 15 is 0 Å². The quantitative estimate of drug-likeness (QED) is 0.0167. The Morgan fingerprint density at radius 2 is 0.896 bits per heavy atom. The molecule has 5 amide bonds. The van der Waals surface area contributed by atoms with E-state index in [4.69, 9.17) is 35.3 Å². The van der Waals surface area contributed by atoms with Crippen LogP contribution in [0.5, 0.6) is 0 Å². The number of likely N-dealkylation sites (tertiary alicyclic amines) is 3. The number of pyridine rings is 3. The molecule has 9 aromatic heterocycles. The maximum Gasteiger partial charge on any atom is 0.415 e. The molecule has 3 saturated carbocycles. The lowest BCUT2D eigenvalue weighted by Gasteiger charge is -2.35. The first-order chi connectivity index (χ1) is 59.9. The SMILES string of the molecule is CNc1cc(Nc2cccn([C@H]3CCN(CCF)C3)c2=O)nc2c(C(=O)NC3CC[C@@H]3OC)cnn12.CO[C@H]1CCC1NC(=O)c1cnn2c(N(C)C(=O)OC(C)(C)C)cc(Cl)nc12.CO[C@H]1CCC1NC(=O)c1cnn2c(N(C)C(=O)OC(C)(C)C)cc(Nc3cccn([C@H]4CCN(CCF)C4)c3=O)nc12.O=c1c(N=CI)cccn1[C@H]1CCN(CCF)C1. The molecule has 0 aromatic carbocycles. The van der Waals surface area contributed by atoms with Gasteiger partial charge in [0.2, 0.25) is 0 Å². The molecule has 3 unspecified atom stereocenters. The zero-order chi connectivity index (χ0) is 89.7. The predicted molar refractivity (Wildman–Crippen MR) is 476 cm³/mol. The minimum atomic E-state index is -0.746. The van der Waals surface area contributed by atoms with Gasteiger partial charge in [-0.05, 0) is 158 Å². The Morgan fingerprint density at radius 3 is 1.26 bits per heavy atom. The van der Waals surface area contributed by atoms with Gasteiger partial charge in [0.05, 0.1) is 77.4 Å². The number of carbonyl (C=O) groups is 5. The summed E-state index contributed by atoms with van der Waals surface area (Å²) in [5.41, 5.74) is 0.773. The van der Waals surface area contributed by atoms with E-state index in [1.807, 2.05) is 49.4 Å². The second-order valence-electron chi connectivity index (χ2n) is 33.1. The van der Waals surface area contributed by atoms with Crippen LogP contribution in [0.25, 0.3) is 16.9 Å². The van der Waals surface area contributed by atoms with Gasteiger partial charge in [-0.25, -0.2) is 42.7 Å². The van der Waals surface area contributed by atoms with Crippen LogP contribution in [0.1, 0.15) is 149 Å². The third-order valence-corrected chi connectivity index (χ3v) is 23.1. The average molecular weight is 1870 g/mol. The summed E-state index contributed by atoms with van der Waals surface area (Å²) < 4.78 is 75.9. The number of hydrogen-bond acceptors (Lipinski definition) is 26. The summed E-state index contributed by atoms with van der Waals surface area (Å²) >= 11 is 8.14. The molecule has 6 aliphatic rings. The van der Waals surface area contributed by atoms with Crippen LogP contribution in [0.2, 0.25) is 5.15 Å². The number of methoxy groups -OCH3 is 3. The summed E-state index contributed by atoms with van der Waals surface area (Å²) in [5.74, 6) is 0.875. The van der Waals surface area contributed by atoms with Gasteiger partial charge < -0.3 is 69.3 Å². The van der Waals surface area contributed by atoms with Crippen molar-refractivity contribution in [3.63, 3.8) is 0 Å². The van der Waals surface area contributed by atoms with E-state index in [1.54, 1.807) is 147 Å². The molecule has 42 heteroatoms. The lowest BCUT2D eigenvalue weighted by atomic mass is 9.89. The highest BCUT2D eigenvalue weighted by molar-refractivity contribution is 14.1. The Kier molecular flexibility index (Phi) is 31.1. The van der Waals surface area contributed by atoms with Crippen LogP contribution in [0.4, 0.5) is 68.9 Å². The molecule has 0 spiro atoms. The van der Waals surface area contributed by atoms with Crippen molar-refractivity contribution in [1.82, 2.24) is 88.1 Å². The molecule has 125 heavy (non-hydrogen) atoms. The monoisotopic (exact) mass is 1870 g/mol. The molecular weight excluding hydrogens is 1760 g/mol. The molecular formula is C83H109ClF3IN24O13. The number of aliphatic imine (C=N–C) groups is 1. The van der Waals surface area contributed by atoms with E-state index in [0.717, 1.165) is 84.0 Å². The number of nitrogens with zero attached hydrogens (tertiary/aromatic N) is 18. The second-order valence-corrected chi connectivity index (χ2v) is 34.1. The van der Waals surface area contributed by atoms with Gasteiger partial charge in [-0.2, -0.15) is 28.8 Å². The van der Waals surface area contributed by atoms with Crippen LogP contribution in [-0.4, -0.2) is 275 Å². The number of carbonyl (C=O) groups excluding carboxylic acids is 5. The Labute approximate surface area is 738 Å². The molecule has 9 atom stereocenters. The minimum absolute atomic E-state index is 0.0104. The van der Waals surface area contributed by atoms with Crippen LogP contribution in [0.15, 0.2) is 111 Å². The van der Waals surface area contributed by atoms with Crippen LogP contribution in [0, 0.1) is 0 Å². The molecule has 0 radical (unpaired) electrons. The molecule has 37 nitrogen and oxygen atoms in total. The number of hydrogen-bond donors (Lipinski definition) is 6. The molecule has 3 aliphatic heterocycles. The molecule has 674 valence electrons. The highest BCUT2D eigenvalue weighted by atomic mass is 127. The number of fused-ring (bicyclic) bond motifs is 3. The number of amides is 5. The molecule has 9 aromatic rings. The molecule has 3 aliphatic carbocycles. The van der Waals surface area contributed by atoms with Gasteiger partial charge in [0.15, 0.2) is 16.9 Å². The Bertz CT molecular complexity index is 5540. The van der Waals surface area contributed by atoms with Crippen molar-refractivity contribution >= 4 is 131 Å². The fourth-order valence-electron chi connectivity index (χ4n) is 15.5. The zero-order valence-electron chi connectivity index (χ0n) is 72.0. The fraction of sp³-hybridized carbons (Fsp3) is 0.530. The number of anilines is 7. The van der Waals surface area contributed by atoms with E-state index < -0.39 is 36.7 Å². The average Bonchev–Trinajstić information content (AvgIpc) is 1.66. The number of nitrogens with one attached hydrogen (secondary N) is 6. The zero-order valence-corrected chi connectivity index (χ0v) is 74.9. The van der Waals surface area contributed by atoms with E-state index in [-0.39, 0.29) is 141 Å². The predicted octanol–water partition coefficient (Wildman–Crippen LogP) is 9.75. The van der Waals surface area contributed by atoms with Crippen molar-refractivity contribution in [2.75, 3.05) is 147 Å². The first kappa shape index (κ1) is 93.5. The first-order valence-electron chi connectivity index (χ1n) is 41.5. The number of ether oxygens (including phenoxy) is 5. The van der Waals surface area contributed by atoms with Crippen molar-refractivity contribution < 1.29 is 60.8 Å². The summed E-state index contributed by atoms with van der Waals surface area (Å²) in [4.78, 5) is 130. The fourth-order valence-corrected chi connectivity index (χ4v) is 16.0. The number of rotatable bonds is 26. The van der Waals surface area contributed by atoms with Gasteiger partial charge in [-0.3, -0.25) is 53.3 Å². The lowest BCUT2D eigenvalue weighted by Crippen LogP contribution is -2.51. The highest BCUT2D eigenvalue weighted by Crippen LogP contribution is 2.33. The summed E-state index contributed by atoms with van der Waals surface area (Å²) in [6, 6.07) is 15.0. The maximum atomic E-state index is 13.5. The van der Waals surface area contributed by atoms with Gasteiger partial charge in [0.1, 0.15) is 99.2 Å². The molecule has 12 heterocycles. The van der Waals surface area contributed by atoms with Crippen LogP contribution in [0.3, 0.4) is 0 Å². The second kappa shape index (κ2) is 41.6. The van der Waals surface area contributed by atoms with Gasteiger partial charge >= 0.3 is 12.2 Å². The summed E-state index contributed by atoms with van der Waals surface area (Å²) in [5, 5.41) is 31.2. The van der Waals surface area contributed by atoms with E-state index in [9.17, 15) is 51.5 Å². The van der Waals surface area contributed by atoms with Crippen molar-refractivity contribution in [1.29, 1.82) is 0 Å². The lowest BCUT2D eigenvalue weighted by molar-refractivity contribution is 0.00731. The van der Waals surface area contributed by atoms with Crippen molar-refractivity contribution in [2.24, 2.45) is 4.99 Å². The highest BCUT2D eigenvalue weighted by Gasteiger charge is 2.38. The summed E-state index contributed by atoms with van der Waals surface area (Å²) in [6.07, 6.45) is 15.9.